The maximum atomic E-state index is 13.4. The molecule has 4 rings (SSSR count). The number of nitrogens with zero attached hydrogens (tertiary/aromatic N) is 1. The molecular weight excluding hydrogens is 432 g/mol. The number of phenols is 1. The fraction of sp³-hybridized carbons (Fsp3) is 0.391. The molecule has 0 aromatic heterocycles. The zero-order chi connectivity index (χ0) is 24.2. The second-order valence-electron chi connectivity index (χ2n) is 8.49. The van der Waals surface area contributed by atoms with Gasteiger partial charge in [-0.05, 0) is 50.3 Å². The Hall–Kier alpha value is -3.66. The molecule has 1 aromatic carbocycles. The summed E-state index contributed by atoms with van der Waals surface area (Å²) in [5.41, 5.74) is 3.28. The number of phenolic OH excluding ortho intramolecular Hbond substituents is 1. The lowest BCUT2D eigenvalue weighted by Gasteiger charge is -2.46. The molecular formula is C23H24N2O8. The second-order valence-corrected chi connectivity index (χ2v) is 8.49. The van der Waals surface area contributed by atoms with Crippen molar-refractivity contribution in [3.05, 3.63) is 45.7 Å². The minimum atomic E-state index is -2.57. The number of carbonyl (C=O) groups is 3. The summed E-state index contributed by atoms with van der Waals surface area (Å²) in [6, 6.07) is 2.98. The van der Waals surface area contributed by atoms with Crippen molar-refractivity contribution in [1.29, 1.82) is 0 Å². The number of rotatable bonds is 4. The Kier molecular flexibility index (Phi) is 5.28. The highest BCUT2D eigenvalue weighted by Gasteiger charge is 2.60. The van der Waals surface area contributed by atoms with Crippen molar-refractivity contribution in [3.63, 3.8) is 0 Å². The molecule has 3 aliphatic carbocycles. The zero-order valence-electron chi connectivity index (χ0n) is 18.1. The molecule has 10 nitrogen and oxygen atoms in total. The van der Waals surface area contributed by atoms with Gasteiger partial charge in [-0.3, -0.25) is 14.4 Å². The van der Waals surface area contributed by atoms with Gasteiger partial charge in [0.2, 0.25) is 5.78 Å². The average molecular weight is 456 g/mol. The summed E-state index contributed by atoms with van der Waals surface area (Å²) in [5.74, 6) is -6.56. The lowest BCUT2D eigenvalue weighted by Crippen LogP contribution is -2.58. The quantitative estimate of drug-likeness (QED) is 0.254. The molecule has 0 spiro atoms. The molecule has 1 amide bonds. The standard InChI is InChI=1S/C23H24N2O8/c1-3-33-25-9(2)12-4-5-14(26)17-13(12)7-10-6-11-8-15(27)18(22(24)31)21(30)23(11,32)20(29)16(10)19(17)28/h4-5,10-11,26,28,30,32H,3,6-8H2,1-2H3,(H2,24,31)/b25-9+/t10-,11+,23+/m1/s1. The number of amides is 1. The van der Waals surface area contributed by atoms with Crippen molar-refractivity contribution < 1.29 is 39.6 Å². The van der Waals surface area contributed by atoms with Crippen molar-refractivity contribution in [2.45, 2.75) is 38.7 Å². The first kappa shape index (κ1) is 22.5. The van der Waals surface area contributed by atoms with Crippen LogP contribution in [0, 0.1) is 11.8 Å². The van der Waals surface area contributed by atoms with Crippen molar-refractivity contribution in [2.24, 2.45) is 22.7 Å². The van der Waals surface area contributed by atoms with Crippen molar-refractivity contribution >= 4 is 28.9 Å². The number of aliphatic hydroxyl groups excluding tert-OH is 2. The number of ketones is 2. The van der Waals surface area contributed by atoms with E-state index in [0.717, 1.165) is 0 Å². The van der Waals surface area contributed by atoms with Crippen LogP contribution in [0.2, 0.25) is 0 Å². The molecule has 6 N–H and O–H groups in total. The zero-order valence-corrected chi connectivity index (χ0v) is 18.1. The molecule has 1 saturated carbocycles. The van der Waals surface area contributed by atoms with E-state index in [1.165, 1.54) is 6.07 Å². The van der Waals surface area contributed by atoms with Gasteiger partial charge in [0, 0.05) is 23.5 Å². The van der Waals surface area contributed by atoms with Gasteiger partial charge in [0.1, 0.15) is 29.4 Å². The second kappa shape index (κ2) is 7.73. The van der Waals surface area contributed by atoms with Crippen molar-refractivity contribution in [2.75, 3.05) is 6.61 Å². The fourth-order valence-corrected chi connectivity index (χ4v) is 5.17. The number of aliphatic hydroxyl groups is 3. The van der Waals surface area contributed by atoms with E-state index in [2.05, 4.69) is 5.16 Å². The van der Waals surface area contributed by atoms with Crippen LogP contribution in [0.1, 0.15) is 43.4 Å². The summed E-state index contributed by atoms with van der Waals surface area (Å²) in [6.07, 6.45) is -0.0868. The fourth-order valence-electron chi connectivity index (χ4n) is 5.17. The van der Waals surface area contributed by atoms with Crippen LogP contribution in [0.3, 0.4) is 0 Å². The van der Waals surface area contributed by atoms with Crippen LogP contribution in [-0.2, 0) is 25.6 Å². The highest BCUT2D eigenvalue weighted by molar-refractivity contribution is 6.22. The van der Waals surface area contributed by atoms with Crippen molar-refractivity contribution in [1.82, 2.24) is 0 Å². The lowest BCUT2D eigenvalue weighted by atomic mass is 9.59. The maximum Gasteiger partial charge on any atom is 0.255 e. The Bertz CT molecular complexity index is 1200. The van der Waals surface area contributed by atoms with Crippen LogP contribution in [0.5, 0.6) is 5.75 Å². The van der Waals surface area contributed by atoms with Gasteiger partial charge in [-0.25, -0.2) is 0 Å². The number of aromatic hydroxyl groups is 1. The molecule has 0 saturated heterocycles. The van der Waals surface area contributed by atoms with Gasteiger partial charge in [-0.1, -0.05) is 5.16 Å². The van der Waals surface area contributed by atoms with E-state index in [4.69, 9.17) is 10.6 Å². The maximum absolute atomic E-state index is 13.4. The highest BCUT2D eigenvalue weighted by Crippen LogP contribution is 2.52. The molecule has 0 heterocycles. The number of fused-ring (bicyclic) bond motifs is 3. The van der Waals surface area contributed by atoms with Gasteiger partial charge in [0.15, 0.2) is 11.4 Å². The summed E-state index contributed by atoms with van der Waals surface area (Å²) < 4.78 is 0. The van der Waals surface area contributed by atoms with Crippen LogP contribution in [0.4, 0.5) is 0 Å². The SMILES string of the molecule is CCO/N=C(\C)c1ccc(O)c2c1C[C@H]1C[C@H]3CC(=O)C(C(N)=O)=C(O)[C@@]3(O)C(=O)C1=C2O. The van der Waals surface area contributed by atoms with Gasteiger partial charge in [0.25, 0.3) is 5.91 Å². The first-order valence-corrected chi connectivity index (χ1v) is 10.5. The summed E-state index contributed by atoms with van der Waals surface area (Å²) in [7, 11) is 0. The van der Waals surface area contributed by atoms with Gasteiger partial charge in [-0.2, -0.15) is 0 Å². The minimum absolute atomic E-state index is 0.0191. The molecule has 0 radical (unpaired) electrons. The molecule has 174 valence electrons. The largest absolute Gasteiger partial charge is 0.508 e. The Morgan fingerprint density at radius 3 is 2.58 bits per heavy atom. The van der Waals surface area contributed by atoms with E-state index < -0.39 is 52.0 Å². The molecule has 0 bridgehead atoms. The Morgan fingerprint density at radius 2 is 1.94 bits per heavy atom. The minimum Gasteiger partial charge on any atom is -0.508 e. The lowest BCUT2D eigenvalue weighted by molar-refractivity contribution is -0.147. The van der Waals surface area contributed by atoms with Gasteiger partial charge >= 0.3 is 0 Å². The smallest absolute Gasteiger partial charge is 0.255 e. The number of benzene rings is 1. The summed E-state index contributed by atoms with van der Waals surface area (Å²) >= 11 is 0. The third-order valence-electron chi connectivity index (χ3n) is 6.67. The van der Waals surface area contributed by atoms with E-state index in [9.17, 15) is 34.8 Å². The van der Waals surface area contributed by atoms with Crippen LogP contribution >= 0.6 is 0 Å². The van der Waals surface area contributed by atoms with Crippen molar-refractivity contribution in [3.8, 4) is 5.75 Å². The van der Waals surface area contributed by atoms with Crippen LogP contribution in [-0.4, -0.2) is 55.8 Å². The van der Waals surface area contributed by atoms with Crippen LogP contribution in [0.15, 0.2) is 34.2 Å². The molecule has 0 aliphatic heterocycles. The third kappa shape index (κ3) is 3.12. The predicted octanol–water partition coefficient (Wildman–Crippen LogP) is 1.18. The molecule has 1 fully saturated rings. The van der Waals surface area contributed by atoms with E-state index in [-0.39, 0.29) is 36.1 Å². The monoisotopic (exact) mass is 456 g/mol. The summed E-state index contributed by atoms with van der Waals surface area (Å²) in [4.78, 5) is 42.6. The van der Waals surface area contributed by atoms with E-state index in [1.54, 1.807) is 19.9 Å². The number of Topliss-reactive ketones (excluding diaryl/α,β-unsaturated/α-hetero) is 2. The van der Waals surface area contributed by atoms with Gasteiger partial charge in [-0.15, -0.1) is 0 Å². The van der Waals surface area contributed by atoms with E-state index in [1.807, 2.05) is 0 Å². The molecule has 33 heavy (non-hydrogen) atoms. The summed E-state index contributed by atoms with van der Waals surface area (Å²) in [5, 5.41) is 47.3. The van der Waals surface area contributed by atoms with E-state index in [0.29, 0.717) is 23.4 Å². The Labute approximate surface area is 188 Å². The number of oxime groups is 1. The Balaban J connectivity index is 1.91. The van der Waals surface area contributed by atoms with Crippen LogP contribution < -0.4 is 5.73 Å². The molecule has 1 aromatic rings. The molecule has 0 unspecified atom stereocenters. The molecule has 3 atom stereocenters. The molecule has 3 aliphatic rings. The highest BCUT2D eigenvalue weighted by atomic mass is 16.6. The number of hydrogen-bond donors (Lipinski definition) is 5. The topological polar surface area (TPSA) is 180 Å². The van der Waals surface area contributed by atoms with Gasteiger partial charge < -0.3 is 31.0 Å². The summed E-state index contributed by atoms with van der Waals surface area (Å²) in [6.45, 7) is 3.83. The first-order chi connectivity index (χ1) is 15.5. The normalized spacial score (nSPS) is 27.2. The average Bonchev–Trinajstić information content (AvgIpc) is 2.74. The number of primary amides is 1. The third-order valence-corrected chi connectivity index (χ3v) is 6.67. The molecule has 10 heteroatoms. The Morgan fingerprint density at radius 1 is 1.24 bits per heavy atom. The number of carbonyl (C=O) groups excluding carboxylic acids is 3. The van der Waals surface area contributed by atoms with Gasteiger partial charge in [0.05, 0.1) is 11.3 Å². The number of hydrogen-bond acceptors (Lipinski definition) is 9. The predicted molar refractivity (Wildman–Crippen MR) is 115 cm³/mol. The first-order valence-electron chi connectivity index (χ1n) is 10.5. The number of nitrogens with two attached hydrogens (primary N) is 1. The van der Waals surface area contributed by atoms with Crippen LogP contribution in [0.25, 0.3) is 5.76 Å². The van der Waals surface area contributed by atoms with E-state index >= 15 is 0 Å².